The van der Waals surface area contributed by atoms with Crippen molar-refractivity contribution in [1.82, 2.24) is 19.6 Å². The highest BCUT2D eigenvalue weighted by molar-refractivity contribution is 5.91. The van der Waals surface area contributed by atoms with Gasteiger partial charge >= 0.3 is 0 Å². The Morgan fingerprint density at radius 3 is 2.59 bits per heavy atom. The summed E-state index contributed by atoms with van der Waals surface area (Å²) < 4.78 is 2.64. The second-order valence-electron chi connectivity index (χ2n) is 7.51. The first-order valence-electron chi connectivity index (χ1n) is 9.93. The average molecular weight is 432 g/mol. The van der Waals surface area contributed by atoms with Crippen LogP contribution in [0.3, 0.4) is 0 Å². The third kappa shape index (κ3) is 3.97. The molecular weight excluding hydrogens is 412 g/mol. The van der Waals surface area contributed by atoms with Crippen molar-refractivity contribution in [2.75, 3.05) is 5.32 Å². The molecule has 0 atom stereocenters. The van der Waals surface area contributed by atoms with Crippen molar-refractivity contribution >= 4 is 28.2 Å². The predicted octanol–water partition coefficient (Wildman–Crippen LogP) is 3.25. The number of aromatic nitrogens is 4. The fraction of sp³-hybridized carbons (Fsp3) is 0.182. The normalized spacial score (nSPS) is 11.1. The van der Waals surface area contributed by atoms with Crippen molar-refractivity contribution in [2.24, 2.45) is 0 Å². The number of amides is 1. The maximum absolute atomic E-state index is 13.3. The minimum atomic E-state index is -0.546. The smallest absolute Gasteiger partial charge is 0.293 e. The molecule has 0 aliphatic heterocycles. The molecule has 0 spiro atoms. The summed E-state index contributed by atoms with van der Waals surface area (Å²) in [7, 11) is 0. The van der Waals surface area contributed by atoms with Crippen molar-refractivity contribution in [3.05, 3.63) is 87.0 Å². The van der Waals surface area contributed by atoms with Gasteiger partial charge < -0.3 is 5.32 Å². The maximum Gasteiger partial charge on any atom is 0.293 e. The summed E-state index contributed by atoms with van der Waals surface area (Å²) in [5, 5.41) is 23.0. The van der Waals surface area contributed by atoms with Gasteiger partial charge in [0.1, 0.15) is 12.1 Å². The van der Waals surface area contributed by atoms with E-state index < -0.39 is 16.4 Å². The Bertz CT molecular complexity index is 1370. The van der Waals surface area contributed by atoms with E-state index in [9.17, 15) is 19.7 Å². The molecule has 32 heavy (non-hydrogen) atoms. The lowest BCUT2D eigenvalue weighted by atomic mass is 10.1. The number of rotatable bonds is 6. The van der Waals surface area contributed by atoms with Crippen LogP contribution in [0.1, 0.15) is 25.5 Å². The Labute approximate surface area is 182 Å². The number of fused-ring (bicyclic) bond motifs is 1. The Balaban J connectivity index is 1.73. The van der Waals surface area contributed by atoms with E-state index in [1.807, 2.05) is 44.2 Å². The molecule has 0 bridgehead atoms. The second-order valence-corrected chi connectivity index (χ2v) is 7.51. The number of hydrogen-bond donors (Lipinski definition) is 1. The number of para-hydroxylation sites is 1. The lowest BCUT2D eigenvalue weighted by Crippen LogP contribution is -2.31. The number of nitrogens with one attached hydrogen (secondary N) is 1. The van der Waals surface area contributed by atoms with E-state index in [2.05, 4.69) is 15.5 Å². The van der Waals surface area contributed by atoms with Gasteiger partial charge in [-0.2, -0.15) is 10.2 Å². The molecule has 0 fully saturated rings. The van der Waals surface area contributed by atoms with Crippen LogP contribution in [0.2, 0.25) is 0 Å². The van der Waals surface area contributed by atoms with Gasteiger partial charge in [-0.15, -0.1) is 0 Å². The number of anilines is 1. The number of nitro groups is 1. The topological polar surface area (TPSA) is 125 Å². The number of carbonyl (C=O) groups excluding carboxylic acids is 1. The summed E-state index contributed by atoms with van der Waals surface area (Å²) in [5.74, 6) is -0.544. The Morgan fingerprint density at radius 1 is 1.16 bits per heavy atom. The zero-order valence-corrected chi connectivity index (χ0v) is 17.4. The number of benzene rings is 2. The van der Waals surface area contributed by atoms with Gasteiger partial charge in [0, 0.05) is 23.2 Å². The van der Waals surface area contributed by atoms with E-state index in [0.29, 0.717) is 22.3 Å². The van der Waals surface area contributed by atoms with Gasteiger partial charge in [-0.1, -0.05) is 38.1 Å². The molecule has 0 radical (unpaired) electrons. The largest absolute Gasteiger partial charge is 0.324 e. The standard InChI is InChI=1S/C22H20N6O4/c1-14(2)20-18-12-23-27(16-8-4-3-5-9-16)21(18)22(30)26(25-20)13-19(29)24-15-7-6-10-17(11-15)28(31)32/h3-12,14H,13H2,1-2H3,(H,24,29). The molecule has 2 heterocycles. The Morgan fingerprint density at radius 2 is 1.91 bits per heavy atom. The number of hydrogen-bond acceptors (Lipinski definition) is 6. The van der Waals surface area contributed by atoms with E-state index in [1.54, 1.807) is 10.9 Å². The van der Waals surface area contributed by atoms with Gasteiger partial charge in [0.2, 0.25) is 5.91 Å². The minimum absolute atomic E-state index is 0.0161. The summed E-state index contributed by atoms with van der Waals surface area (Å²) in [6.45, 7) is 3.54. The van der Waals surface area contributed by atoms with Crippen LogP contribution in [0.15, 0.2) is 65.6 Å². The number of nitrogens with zero attached hydrogens (tertiary/aromatic N) is 5. The van der Waals surface area contributed by atoms with Gasteiger partial charge in [-0.25, -0.2) is 9.36 Å². The first-order valence-corrected chi connectivity index (χ1v) is 9.93. The molecular formula is C22H20N6O4. The predicted molar refractivity (Wildman–Crippen MR) is 119 cm³/mol. The van der Waals surface area contributed by atoms with E-state index in [1.165, 1.54) is 24.3 Å². The van der Waals surface area contributed by atoms with Gasteiger partial charge in [0.05, 0.1) is 22.5 Å². The van der Waals surface area contributed by atoms with E-state index in [-0.39, 0.29) is 23.8 Å². The first-order chi connectivity index (χ1) is 15.3. The maximum atomic E-state index is 13.3. The number of nitro benzene ring substituents is 1. The third-order valence-corrected chi connectivity index (χ3v) is 4.89. The summed E-state index contributed by atoms with van der Waals surface area (Å²) in [6, 6.07) is 14.8. The molecule has 2 aromatic carbocycles. The van der Waals surface area contributed by atoms with Crippen LogP contribution in [-0.4, -0.2) is 30.4 Å². The molecule has 1 N–H and O–H groups in total. The average Bonchev–Trinajstić information content (AvgIpc) is 3.21. The second kappa shape index (κ2) is 8.42. The van der Waals surface area contributed by atoms with E-state index in [4.69, 9.17) is 0 Å². The Kier molecular flexibility index (Phi) is 5.50. The molecule has 10 heteroatoms. The van der Waals surface area contributed by atoms with Gasteiger partial charge in [-0.3, -0.25) is 19.7 Å². The molecule has 2 aromatic heterocycles. The monoisotopic (exact) mass is 432 g/mol. The lowest BCUT2D eigenvalue weighted by Gasteiger charge is -2.12. The molecule has 0 aliphatic rings. The van der Waals surface area contributed by atoms with E-state index in [0.717, 1.165) is 4.68 Å². The van der Waals surface area contributed by atoms with Crippen LogP contribution in [-0.2, 0) is 11.3 Å². The summed E-state index contributed by atoms with van der Waals surface area (Å²) in [4.78, 5) is 36.3. The molecule has 4 rings (SSSR count). The van der Waals surface area contributed by atoms with Gasteiger partial charge in [0.25, 0.3) is 11.2 Å². The van der Waals surface area contributed by atoms with Crippen LogP contribution in [0.4, 0.5) is 11.4 Å². The van der Waals surface area contributed by atoms with Crippen LogP contribution in [0.25, 0.3) is 16.6 Å². The molecule has 0 saturated heterocycles. The van der Waals surface area contributed by atoms with Crippen molar-refractivity contribution in [1.29, 1.82) is 0 Å². The molecule has 0 aliphatic carbocycles. The quantitative estimate of drug-likeness (QED) is 0.368. The van der Waals surface area contributed by atoms with Crippen molar-refractivity contribution < 1.29 is 9.72 Å². The molecule has 162 valence electrons. The summed E-state index contributed by atoms with van der Waals surface area (Å²) >= 11 is 0. The van der Waals surface area contributed by atoms with Gasteiger partial charge in [-0.05, 0) is 24.1 Å². The van der Waals surface area contributed by atoms with Crippen LogP contribution >= 0.6 is 0 Å². The molecule has 0 saturated carbocycles. The molecule has 0 unspecified atom stereocenters. The molecule has 1 amide bonds. The van der Waals surface area contributed by atoms with E-state index >= 15 is 0 Å². The third-order valence-electron chi connectivity index (χ3n) is 4.89. The van der Waals surface area contributed by atoms with Crippen LogP contribution in [0, 0.1) is 10.1 Å². The van der Waals surface area contributed by atoms with Crippen molar-refractivity contribution in [3.63, 3.8) is 0 Å². The fourth-order valence-electron chi connectivity index (χ4n) is 3.43. The zero-order valence-electron chi connectivity index (χ0n) is 17.4. The Hall–Kier alpha value is -4.34. The number of carbonyl (C=O) groups is 1. The highest BCUT2D eigenvalue weighted by atomic mass is 16.6. The summed E-state index contributed by atoms with van der Waals surface area (Å²) in [5.41, 5.74) is 1.35. The molecule has 10 nitrogen and oxygen atoms in total. The number of non-ortho nitro benzene ring substituents is 1. The summed E-state index contributed by atoms with van der Waals surface area (Å²) in [6.07, 6.45) is 1.61. The zero-order chi connectivity index (χ0) is 22.8. The lowest BCUT2D eigenvalue weighted by molar-refractivity contribution is -0.384. The fourth-order valence-corrected chi connectivity index (χ4v) is 3.43. The SMILES string of the molecule is CC(C)c1nn(CC(=O)Nc2cccc([N+](=O)[O-])c2)c(=O)c2c1cnn2-c1ccccc1. The molecule has 4 aromatic rings. The van der Waals surface area contributed by atoms with Crippen molar-refractivity contribution in [2.45, 2.75) is 26.3 Å². The highest BCUT2D eigenvalue weighted by Crippen LogP contribution is 2.23. The van der Waals surface area contributed by atoms with Crippen LogP contribution in [0.5, 0.6) is 0 Å². The minimum Gasteiger partial charge on any atom is -0.324 e. The van der Waals surface area contributed by atoms with Crippen molar-refractivity contribution in [3.8, 4) is 5.69 Å². The highest BCUT2D eigenvalue weighted by Gasteiger charge is 2.20. The van der Waals surface area contributed by atoms with Crippen LogP contribution < -0.4 is 10.9 Å². The van der Waals surface area contributed by atoms with Gasteiger partial charge in [0.15, 0.2) is 0 Å². The first kappa shape index (κ1) is 20.9.